The molecule has 2 N–H and O–H groups in total. The summed E-state index contributed by atoms with van der Waals surface area (Å²) in [4.78, 5) is 32.5. The van der Waals surface area contributed by atoms with Gasteiger partial charge in [0.25, 0.3) is 0 Å². The van der Waals surface area contributed by atoms with Gasteiger partial charge in [-0.05, 0) is 59.3 Å². The highest BCUT2D eigenvalue weighted by atomic mass is 16.6. The molecule has 0 aromatic rings. The molecule has 0 radical (unpaired) electrons. The molecule has 0 saturated carbocycles. The molecule has 166 valence electrons. The molecular formula is C21H39N5O3. The second-order valence-corrected chi connectivity index (χ2v) is 8.92. The number of hydrogen-bond donors (Lipinski definition) is 2. The summed E-state index contributed by atoms with van der Waals surface area (Å²) in [6.07, 6.45) is 4.41. The highest BCUT2D eigenvalue weighted by Crippen LogP contribution is 2.19. The fourth-order valence-electron chi connectivity index (χ4n) is 3.69. The lowest BCUT2D eigenvalue weighted by Crippen LogP contribution is -2.44. The molecule has 8 heteroatoms. The minimum absolute atomic E-state index is 0.229. The van der Waals surface area contributed by atoms with Gasteiger partial charge in [-0.2, -0.15) is 0 Å². The molecular weight excluding hydrogens is 370 g/mol. The van der Waals surface area contributed by atoms with Crippen molar-refractivity contribution in [3.63, 3.8) is 0 Å². The molecule has 8 nitrogen and oxygen atoms in total. The number of aliphatic imine (C=N–C) groups is 1. The lowest BCUT2D eigenvalue weighted by molar-refractivity contribution is -0.127. The molecule has 2 rings (SSSR count). The number of ether oxygens (including phenoxy) is 1. The average molecular weight is 410 g/mol. The van der Waals surface area contributed by atoms with E-state index >= 15 is 0 Å². The quantitative estimate of drug-likeness (QED) is 0.382. The Hall–Kier alpha value is -1.99. The van der Waals surface area contributed by atoms with Gasteiger partial charge in [0, 0.05) is 52.2 Å². The number of nitrogens with zero attached hydrogens (tertiary/aromatic N) is 3. The van der Waals surface area contributed by atoms with E-state index in [0.717, 1.165) is 64.4 Å². The van der Waals surface area contributed by atoms with Gasteiger partial charge in [0.05, 0.1) is 0 Å². The third-order valence-corrected chi connectivity index (χ3v) is 5.09. The lowest BCUT2D eigenvalue weighted by atomic mass is 9.98. The first-order chi connectivity index (χ1) is 13.8. The number of carbonyl (C=O) groups excluding carboxylic acids is 2. The summed E-state index contributed by atoms with van der Waals surface area (Å²) in [5.74, 6) is 1.42. The number of hydrogen-bond acceptors (Lipinski definition) is 4. The number of nitrogens with one attached hydrogen (secondary N) is 2. The summed E-state index contributed by atoms with van der Waals surface area (Å²) < 4.78 is 5.50. The summed E-state index contributed by atoms with van der Waals surface area (Å²) in [7, 11) is 0. The predicted molar refractivity (Wildman–Crippen MR) is 115 cm³/mol. The minimum atomic E-state index is -0.468. The fraction of sp³-hybridized carbons (Fsp3) is 0.857. The Labute approximate surface area is 175 Å². The standard InChI is InChI=1S/C21H39N5O3/c1-5-22-19(23-11-8-14-25-12-7-10-18(25)27)24-15-17-9-6-13-26(16-17)20(28)29-21(2,3)4/h17H,5-16H2,1-4H3,(H2,22,23,24). The third-order valence-electron chi connectivity index (χ3n) is 5.09. The monoisotopic (exact) mass is 409 g/mol. The molecule has 29 heavy (non-hydrogen) atoms. The van der Waals surface area contributed by atoms with Crippen molar-refractivity contribution in [1.29, 1.82) is 0 Å². The maximum atomic E-state index is 12.3. The zero-order valence-electron chi connectivity index (χ0n) is 18.6. The Bertz CT molecular complexity index is 573. The van der Waals surface area contributed by atoms with Gasteiger partial charge in [-0.1, -0.05) is 0 Å². The summed E-state index contributed by atoms with van der Waals surface area (Å²) in [5, 5.41) is 6.64. The second-order valence-electron chi connectivity index (χ2n) is 8.92. The topological polar surface area (TPSA) is 86.3 Å². The molecule has 0 aliphatic carbocycles. The molecule has 2 fully saturated rings. The predicted octanol–water partition coefficient (Wildman–Crippen LogP) is 2.20. The molecule has 2 saturated heterocycles. The highest BCUT2D eigenvalue weighted by molar-refractivity contribution is 5.80. The van der Waals surface area contributed by atoms with E-state index in [4.69, 9.17) is 9.73 Å². The van der Waals surface area contributed by atoms with Gasteiger partial charge in [0.15, 0.2) is 5.96 Å². The van der Waals surface area contributed by atoms with Gasteiger partial charge < -0.3 is 25.2 Å². The Kier molecular flexibility index (Phi) is 9.04. The van der Waals surface area contributed by atoms with Crippen molar-refractivity contribution in [2.24, 2.45) is 10.9 Å². The van der Waals surface area contributed by atoms with Crippen LogP contribution < -0.4 is 10.6 Å². The average Bonchev–Trinajstić information content (AvgIpc) is 3.07. The van der Waals surface area contributed by atoms with Gasteiger partial charge in [0.1, 0.15) is 5.60 Å². The van der Waals surface area contributed by atoms with Crippen LogP contribution in [0.1, 0.15) is 59.8 Å². The van der Waals surface area contributed by atoms with Crippen molar-refractivity contribution in [2.45, 2.75) is 65.4 Å². The summed E-state index contributed by atoms with van der Waals surface area (Å²) in [6, 6.07) is 0. The molecule has 2 aliphatic heterocycles. The van der Waals surface area contributed by atoms with Gasteiger partial charge in [-0.3, -0.25) is 9.79 Å². The van der Waals surface area contributed by atoms with E-state index < -0.39 is 5.60 Å². The zero-order chi connectivity index (χ0) is 21.3. The van der Waals surface area contributed by atoms with Crippen molar-refractivity contribution in [1.82, 2.24) is 20.4 Å². The Morgan fingerprint density at radius 2 is 2.03 bits per heavy atom. The molecule has 0 bridgehead atoms. The highest BCUT2D eigenvalue weighted by Gasteiger charge is 2.27. The third kappa shape index (κ3) is 8.50. The van der Waals surface area contributed by atoms with Crippen LogP contribution in [-0.4, -0.2) is 79.2 Å². The van der Waals surface area contributed by atoms with Crippen LogP contribution >= 0.6 is 0 Å². The minimum Gasteiger partial charge on any atom is -0.444 e. The smallest absolute Gasteiger partial charge is 0.410 e. The summed E-state index contributed by atoms with van der Waals surface area (Å²) >= 11 is 0. The van der Waals surface area contributed by atoms with Crippen LogP contribution in [0.4, 0.5) is 4.79 Å². The first-order valence-corrected chi connectivity index (χ1v) is 11.1. The molecule has 0 spiro atoms. The maximum Gasteiger partial charge on any atom is 0.410 e. The van der Waals surface area contributed by atoms with E-state index in [0.29, 0.717) is 25.4 Å². The molecule has 2 amide bonds. The van der Waals surface area contributed by atoms with Crippen molar-refractivity contribution < 1.29 is 14.3 Å². The summed E-state index contributed by atoms with van der Waals surface area (Å²) in [6.45, 7) is 13.1. The van der Waals surface area contributed by atoms with E-state index in [-0.39, 0.29) is 12.0 Å². The largest absolute Gasteiger partial charge is 0.444 e. The number of carbonyl (C=O) groups is 2. The van der Waals surface area contributed by atoms with Crippen molar-refractivity contribution >= 4 is 18.0 Å². The van der Waals surface area contributed by atoms with E-state index in [9.17, 15) is 9.59 Å². The Morgan fingerprint density at radius 3 is 2.69 bits per heavy atom. The molecule has 1 unspecified atom stereocenters. The number of likely N-dealkylation sites (tertiary alicyclic amines) is 2. The van der Waals surface area contributed by atoms with Gasteiger partial charge in [-0.15, -0.1) is 0 Å². The van der Waals surface area contributed by atoms with Gasteiger partial charge >= 0.3 is 6.09 Å². The number of amides is 2. The van der Waals surface area contributed by atoms with Crippen LogP contribution in [0.5, 0.6) is 0 Å². The van der Waals surface area contributed by atoms with Gasteiger partial charge in [0.2, 0.25) is 5.91 Å². The second kappa shape index (κ2) is 11.3. The molecule has 0 aromatic heterocycles. The normalized spacial score (nSPS) is 20.8. The SMILES string of the molecule is CCNC(=NCC1CCCN(C(=O)OC(C)(C)C)C1)NCCCN1CCCC1=O. The molecule has 1 atom stereocenters. The van der Waals surface area contributed by atoms with Crippen molar-refractivity contribution in [3.8, 4) is 0 Å². The van der Waals surface area contributed by atoms with Crippen molar-refractivity contribution in [2.75, 3.05) is 45.8 Å². The van der Waals surface area contributed by atoms with E-state index in [1.807, 2.05) is 37.5 Å². The number of rotatable bonds is 7. The summed E-state index contributed by atoms with van der Waals surface area (Å²) in [5.41, 5.74) is -0.468. The number of guanidine groups is 1. The lowest BCUT2D eigenvalue weighted by Gasteiger charge is -2.33. The fourth-order valence-corrected chi connectivity index (χ4v) is 3.69. The van der Waals surface area contributed by atoms with E-state index in [1.165, 1.54) is 0 Å². The maximum absolute atomic E-state index is 12.3. The molecule has 0 aromatic carbocycles. The zero-order valence-corrected chi connectivity index (χ0v) is 18.6. The first kappa shape index (κ1) is 23.3. The first-order valence-electron chi connectivity index (χ1n) is 11.1. The van der Waals surface area contributed by atoms with Crippen LogP contribution in [0.25, 0.3) is 0 Å². The van der Waals surface area contributed by atoms with E-state index in [1.54, 1.807) is 0 Å². The van der Waals surface area contributed by atoms with Crippen LogP contribution in [0, 0.1) is 5.92 Å². The Morgan fingerprint density at radius 1 is 1.24 bits per heavy atom. The van der Waals surface area contributed by atoms with Crippen LogP contribution in [0.2, 0.25) is 0 Å². The molecule has 2 aliphatic rings. The van der Waals surface area contributed by atoms with Crippen molar-refractivity contribution in [3.05, 3.63) is 0 Å². The van der Waals surface area contributed by atoms with Crippen LogP contribution in [-0.2, 0) is 9.53 Å². The number of piperidine rings is 1. The van der Waals surface area contributed by atoms with E-state index in [2.05, 4.69) is 10.6 Å². The van der Waals surface area contributed by atoms with Crippen LogP contribution in [0.3, 0.4) is 0 Å². The van der Waals surface area contributed by atoms with Gasteiger partial charge in [-0.25, -0.2) is 4.79 Å². The Balaban J connectivity index is 1.76. The molecule has 2 heterocycles. The van der Waals surface area contributed by atoms with Crippen LogP contribution in [0.15, 0.2) is 4.99 Å².